The summed E-state index contributed by atoms with van der Waals surface area (Å²) in [5.74, 6) is 0. The minimum atomic E-state index is -0.750. The molecule has 0 aliphatic carbocycles. The van der Waals surface area contributed by atoms with E-state index in [1.54, 1.807) is 0 Å². The van der Waals surface area contributed by atoms with E-state index in [9.17, 15) is 5.11 Å². The molecule has 0 heterocycles. The second-order valence-electron chi connectivity index (χ2n) is 3.03. The molecule has 0 unspecified atom stereocenters. The molecule has 3 N–H and O–H groups in total. The number of rotatable bonds is 5. The maximum atomic E-state index is 10.5. The van der Waals surface area contributed by atoms with Crippen LogP contribution in [0.15, 0.2) is 0 Å². The normalized spacial score (nSPS) is 8.44. The van der Waals surface area contributed by atoms with Crippen molar-refractivity contribution in [2.24, 2.45) is 5.73 Å². The van der Waals surface area contributed by atoms with Gasteiger partial charge in [-0.05, 0) is 12.8 Å². The third-order valence-electron chi connectivity index (χ3n) is 1.60. The van der Waals surface area contributed by atoms with Gasteiger partial charge in [-0.3, -0.25) is 0 Å². The molecule has 0 aromatic rings. The molecule has 0 saturated carbocycles. The van der Waals surface area contributed by atoms with Crippen molar-refractivity contribution in [2.75, 3.05) is 0 Å². The van der Waals surface area contributed by atoms with Crippen LogP contribution in [0.1, 0.15) is 39.5 Å². The molecule has 0 aliphatic rings. The fourth-order valence-electron chi connectivity index (χ4n) is 1.15. The zero-order valence-electron chi connectivity index (χ0n) is 9.42. The number of hydrogen-bond acceptors (Lipinski definition) is 4. The SMILES string of the molecule is CCCC(CCC)NC([O-])=S.NC([O-])=S.[Cu+2]. The molecule has 0 atom stereocenters. The van der Waals surface area contributed by atoms with E-state index in [1.807, 2.05) is 0 Å². The van der Waals surface area contributed by atoms with Crippen molar-refractivity contribution in [1.82, 2.24) is 5.32 Å². The average Bonchev–Trinajstić information content (AvgIpc) is 2.02. The van der Waals surface area contributed by atoms with Gasteiger partial charge in [0.15, 0.2) is 0 Å². The zero-order chi connectivity index (χ0) is 12.3. The number of nitrogens with two attached hydrogens (primary N) is 1. The molecule has 0 amide bonds. The van der Waals surface area contributed by atoms with Gasteiger partial charge in [-0.2, -0.15) is 0 Å². The Morgan fingerprint density at radius 2 is 1.50 bits per heavy atom. The first-order valence-electron chi connectivity index (χ1n) is 4.87. The molecule has 4 nitrogen and oxygen atoms in total. The summed E-state index contributed by atoms with van der Waals surface area (Å²) in [7, 11) is 0. The zero-order valence-corrected chi connectivity index (χ0v) is 12.0. The molecule has 0 aliphatic heterocycles. The molecule has 0 saturated heterocycles. The summed E-state index contributed by atoms with van der Waals surface area (Å²) in [4.78, 5) is 0. The Morgan fingerprint density at radius 1 is 1.19 bits per heavy atom. The second kappa shape index (κ2) is 14.9. The predicted octanol–water partition coefficient (Wildman–Crippen LogP) is -0.222. The first kappa shape index (κ1) is 21.2. The van der Waals surface area contributed by atoms with E-state index >= 15 is 0 Å². The molecule has 0 aromatic heterocycles. The van der Waals surface area contributed by atoms with E-state index in [2.05, 4.69) is 49.3 Å². The standard InChI is InChI=1S/C8H17NOS.CH3NOS.Cu/c1-3-5-7(6-4-2)9-8(10)11;2-1(3)4;/h7H,3-6H2,1-2H3,(H2,9,10,11);(H3,2,3,4);/q;;+2/p-2. The molecule has 1 radical (unpaired) electrons. The van der Waals surface area contributed by atoms with Gasteiger partial charge in [0.05, 0.1) is 0 Å². The summed E-state index contributed by atoms with van der Waals surface area (Å²) >= 11 is 8.19. The van der Waals surface area contributed by atoms with Gasteiger partial charge in [-0.1, -0.05) is 51.1 Å². The summed E-state index contributed by atoms with van der Waals surface area (Å²) in [5.41, 5.74) is 4.29. The summed E-state index contributed by atoms with van der Waals surface area (Å²) in [5, 5.41) is 21.2. The molecule has 0 aromatic carbocycles. The van der Waals surface area contributed by atoms with Crippen molar-refractivity contribution in [3.8, 4) is 0 Å². The van der Waals surface area contributed by atoms with Crippen LogP contribution in [0.3, 0.4) is 0 Å². The van der Waals surface area contributed by atoms with Gasteiger partial charge in [-0.15, -0.1) is 0 Å². The largest absolute Gasteiger partial charge is 2.00 e. The maximum absolute atomic E-state index is 10.5. The fraction of sp³-hybridized carbons (Fsp3) is 0.778. The predicted molar refractivity (Wildman–Crippen MR) is 66.1 cm³/mol. The van der Waals surface area contributed by atoms with Gasteiger partial charge in [0.25, 0.3) is 0 Å². The minimum Gasteiger partial charge on any atom is -0.852 e. The Kier molecular flexibility index (Phi) is 19.8. The molecule has 0 spiro atoms. The van der Waals surface area contributed by atoms with E-state index < -0.39 is 5.17 Å². The third kappa shape index (κ3) is 23.6. The van der Waals surface area contributed by atoms with Crippen LogP contribution in [0.5, 0.6) is 0 Å². The quantitative estimate of drug-likeness (QED) is 0.539. The Morgan fingerprint density at radius 3 is 1.69 bits per heavy atom. The Hall–Kier alpha value is -0.101. The van der Waals surface area contributed by atoms with E-state index in [0.717, 1.165) is 25.7 Å². The van der Waals surface area contributed by atoms with Crippen molar-refractivity contribution in [3.05, 3.63) is 0 Å². The summed E-state index contributed by atoms with van der Waals surface area (Å²) in [6.07, 6.45) is 4.27. The first-order chi connectivity index (χ1) is 6.93. The van der Waals surface area contributed by atoms with Crippen LogP contribution >= 0.6 is 24.4 Å². The van der Waals surface area contributed by atoms with Gasteiger partial charge >= 0.3 is 17.1 Å². The minimum absolute atomic E-state index is 0. The topological polar surface area (TPSA) is 84.2 Å². The average molecular weight is 314 g/mol. The first-order valence-corrected chi connectivity index (χ1v) is 5.69. The van der Waals surface area contributed by atoms with Crippen molar-refractivity contribution < 1.29 is 27.3 Å². The monoisotopic (exact) mass is 313 g/mol. The molecule has 99 valence electrons. The van der Waals surface area contributed by atoms with Gasteiger partial charge in [0, 0.05) is 16.4 Å². The third-order valence-corrected chi connectivity index (χ3v) is 1.71. The molecule has 7 heteroatoms. The molecular weight excluding hydrogens is 296 g/mol. The molecule has 0 fully saturated rings. The van der Waals surface area contributed by atoms with Crippen LogP contribution in [0.25, 0.3) is 0 Å². The maximum Gasteiger partial charge on any atom is 2.00 e. The molecule has 16 heavy (non-hydrogen) atoms. The van der Waals surface area contributed by atoms with E-state index in [4.69, 9.17) is 5.11 Å². The number of thiocarbonyl (C=S) groups is 2. The van der Waals surface area contributed by atoms with E-state index in [0.29, 0.717) is 6.04 Å². The van der Waals surface area contributed by atoms with Crippen LogP contribution in [0.2, 0.25) is 0 Å². The van der Waals surface area contributed by atoms with Crippen molar-refractivity contribution in [1.29, 1.82) is 0 Å². The smallest absolute Gasteiger partial charge is 0.852 e. The van der Waals surface area contributed by atoms with Crippen molar-refractivity contribution in [3.63, 3.8) is 0 Å². The Labute approximate surface area is 118 Å². The summed E-state index contributed by atoms with van der Waals surface area (Å²) < 4.78 is 0. The molecule has 0 bridgehead atoms. The fourth-order valence-corrected chi connectivity index (χ4v) is 1.32. The van der Waals surface area contributed by atoms with Crippen LogP contribution in [-0.2, 0) is 17.1 Å². The van der Waals surface area contributed by atoms with Gasteiger partial charge in [0.1, 0.15) is 0 Å². The summed E-state index contributed by atoms with van der Waals surface area (Å²) in [6.45, 7) is 4.22. The van der Waals surface area contributed by atoms with Crippen LogP contribution < -0.4 is 21.3 Å². The van der Waals surface area contributed by atoms with E-state index in [1.165, 1.54) is 0 Å². The van der Waals surface area contributed by atoms with Gasteiger partial charge in [0.2, 0.25) is 0 Å². The number of hydrogen-bond donors (Lipinski definition) is 2. The van der Waals surface area contributed by atoms with E-state index in [-0.39, 0.29) is 22.2 Å². The Balaban J connectivity index is -0.000000292. The summed E-state index contributed by atoms with van der Waals surface area (Å²) in [6, 6.07) is 0.301. The molecular formula is C9H18CuN2O2S2. The second-order valence-corrected chi connectivity index (χ2v) is 3.80. The van der Waals surface area contributed by atoms with Gasteiger partial charge in [-0.25, -0.2) is 0 Å². The van der Waals surface area contributed by atoms with Gasteiger partial charge < -0.3 is 21.3 Å². The van der Waals surface area contributed by atoms with Crippen LogP contribution in [-0.4, -0.2) is 16.4 Å². The van der Waals surface area contributed by atoms with Crippen LogP contribution in [0.4, 0.5) is 0 Å². The molecule has 0 rings (SSSR count). The van der Waals surface area contributed by atoms with Crippen molar-refractivity contribution >= 4 is 34.8 Å². The number of nitrogens with one attached hydrogen (secondary N) is 1. The Bertz CT molecular complexity index is 184. The van der Waals surface area contributed by atoms with Crippen LogP contribution in [0, 0.1) is 0 Å². The van der Waals surface area contributed by atoms with Crippen molar-refractivity contribution in [2.45, 2.75) is 45.6 Å².